The van der Waals surface area contributed by atoms with Crippen molar-refractivity contribution in [2.75, 3.05) is 25.4 Å². The summed E-state index contributed by atoms with van der Waals surface area (Å²) in [6.07, 6.45) is 2.39. The highest BCUT2D eigenvalue weighted by molar-refractivity contribution is 5.46. The van der Waals surface area contributed by atoms with E-state index in [1.54, 1.807) is 0 Å². The second-order valence-electron chi connectivity index (χ2n) is 3.93. The number of anilines is 1. The number of ether oxygens (including phenoxy) is 1. The average molecular weight is 238 g/mol. The van der Waals surface area contributed by atoms with Crippen molar-refractivity contribution in [3.8, 4) is 0 Å². The van der Waals surface area contributed by atoms with Crippen LogP contribution in [0.15, 0.2) is 37.4 Å². The molecule has 0 aromatic heterocycles. The Morgan fingerprint density at radius 3 is 2.82 bits per heavy atom. The van der Waals surface area contributed by atoms with Crippen LogP contribution in [0.1, 0.15) is 14.8 Å². The van der Waals surface area contributed by atoms with Gasteiger partial charge in [-0.05, 0) is 24.5 Å². The first-order valence-corrected chi connectivity index (χ1v) is 6.02. The minimum atomic E-state index is 0. The summed E-state index contributed by atoms with van der Waals surface area (Å²) in [6, 6.07) is 8.05. The van der Waals surface area contributed by atoms with Crippen molar-refractivity contribution in [3.05, 3.63) is 43.0 Å². The maximum Gasteiger partial charge on any atom is 0.0703 e. The number of benzene rings is 1. The molecule has 1 aliphatic rings. The lowest BCUT2D eigenvalue weighted by molar-refractivity contribution is 0.0239. The fourth-order valence-electron chi connectivity index (χ4n) is 1.88. The SMILES string of the molecule is C=C.Nc1ccccc1CC[C@@H]1CNCCO1.[HH].[HH]. The topological polar surface area (TPSA) is 47.3 Å². The van der Waals surface area contributed by atoms with Crippen LogP contribution in [0.3, 0.4) is 0 Å². The summed E-state index contributed by atoms with van der Waals surface area (Å²) in [4.78, 5) is 0. The quantitative estimate of drug-likeness (QED) is 0.628. The number of aryl methyl sites for hydroxylation is 1. The standard InChI is InChI=1S/C12H18N2O.C2H4.2H2/c13-12-4-2-1-3-10(12)5-6-11-9-14-7-8-15-11;1-2;;/h1-4,11,14H,5-9,13H2;1-2H2;2*1H/t11-;;;/m1.../s1. The molecule has 0 spiro atoms. The van der Waals surface area contributed by atoms with Crippen molar-refractivity contribution in [2.45, 2.75) is 18.9 Å². The molecule has 0 radical (unpaired) electrons. The Hall–Kier alpha value is -1.32. The molecule has 17 heavy (non-hydrogen) atoms. The van der Waals surface area contributed by atoms with Crippen molar-refractivity contribution in [3.63, 3.8) is 0 Å². The third-order valence-corrected chi connectivity index (χ3v) is 2.80. The highest BCUT2D eigenvalue weighted by Crippen LogP contribution is 2.14. The van der Waals surface area contributed by atoms with Gasteiger partial charge in [0.15, 0.2) is 0 Å². The van der Waals surface area contributed by atoms with E-state index in [1.807, 2.05) is 18.2 Å². The van der Waals surface area contributed by atoms with Gasteiger partial charge in [0.2, 0.25) is 0 Å². The summed E-state index contributed by atoms with van der Waals surface area (Å²) in [5, 5.41) is 3.33. The summed E-state index contributed by atoms with van der Waals surface area (Å²) in [5.74, 6) is 0. The number of hydrogen-bond acceptors (Lipinski definition) is 3. The fraction of sp³-hybridized carbons (Fsp3) is 0.429. The molecular formula is C14H26N2O. The Labute approximate surface area is 107 Å². The Morgan fingerprint density at radius 2 is 2.18 bits per heavy atom. The molecule has 1 aromatic carbocycles. The zero-order chi connectivity index (χ0) is 12.5. The second-order valence-corrected chi connectivity index (χ2v) is 3.93. The molecule has 98 valence electrons. The molecule has 3 N–H and O–H groups in total. The molecule has 1 aromatic rings. The molecular weight excluding hydrogens is 212 g/mol. The Morgan fingerprint density at radius 1 is 1.41 bits per heavy atom. The van der Waals surface area contributed by atoms with Gasteiger partial charge in [0.05, 0.1) is 12.7 Å². The summed E-state index contributed by atoms with van der Waals surface area (Å²) in [5.41, 5.74) is 8.00. The van der Waals surface area contributed by atoms with E-state index in [9.17, 15) is 0 Å². The maximum atomic E-state index is 5.88. The monoisotopic (exact) mass is 238 g/mol. The number of nitrogen functional groups attached to an aromatic ring is 1. The predicted octanol–water partition coefficient (Wildman–Crippen LogP) is 2.48. The lowest BCUT2D eigenvalue weighted by Gasteiger charge is -2.23. The van der Waals surface area contributed by atoms with E-state index in [0.717, 1.165) is 38.2 Å². The zero-order valence-corrected chi connectivity index (χ0v) is 10.3. The Kier molecular flexibility index (Phi) is 6.37. The molecule has 0 bridgehead atoms. The molecule has 3 nitrogen and oxygen atoms in total. The molecule has 1 atom stereocenters. The van der Waals surface area contributed by atoms with Crippen molar-refractivity contribution >= 4 is 5.69 Å². The van der Waals surface area contributed by atoms with E-state index < -0.39 is 0 Å². The van der Waals surface area contributed by atoms with Crippen molar-refractivity contribution in [1.29, 1.82) is 0 Å². The Bertz CT molecular complexity index is 331. The van der Waals surface area contributed by atoms with Gasteiger partial charge in [-0.1, -0.05) is 18.2 Å². The number of rotatable bonds is 3. The Balaban J connectivity index is 0. The van der Waals surface area contributed by atoms with Gasteiger partial charge >= 0.3 is 0 Å². The van der Waals surface area contributed by atoms with Gasteiger partial charge in [0.25, 0.3) is 0 Å². The molecule has 0 amide bonds. The molecule has 0 unspecified atom stereocenters. The van der Waals surface area contributed by atoms with Gasteiger partial charge in [-0.3, -0.25) is 0 Å². The van der Waals surface area contributed by atoms with Crippen molar-refractivity contribution < 1.29 is 7.59 Å². The van der Waals surface area contributed by atoms with Crippen molar-refractivity contribution in [2.24, 2.45) is 0 Å². The van der Waals surface area contributed by atoms with Gasteiger partial charge in [-0.2, -0.15) is 0 Å². The van der Waals surface area contributed by atoms with Gasteiger partial charge in [0.1, 0.15) is 0 Å². The minimum Gasteiger partial charge on any atom is -0.399 e. The van der Waals surface area contributed by atoms with Crippen molar-refractivity contribution in [1.82, 2.24) is 5.32 Å². The highest BCUT2D eigenvalue weighted by atomic mass is 16.5. The first kappa shape index (κ1) is 13.7. The van der Waals surface area contributed by atoms with E-state index in [4.69, 9.17) is 10.5 Å². The highest BCUT2D eigenvalue weighted by Gasteiger charge is 2.13. The summed E-state index contributed by atoms with van der Waals surface area (Å²) in [6.45, 7) is 8.77. The van der Waals surface area contributed by atoms with Gasteiger partial charge < -0.3 is 15.8 Å². The normalized spacial score (nSPS) is 19.2. The van der Waals surface area contributed by atoms with Crippen LogP contribution in [-0.2, 0) is 11.2 Å². The summed E-state index contributed by atoms with van der Waals surface area (Å²) < 4.78 is 5.64. The van der Waals surface area contributed by atoms with Crippen LogP contribution in [0.2, 0.25) is 0 Å². The first-order valence-electron chi connectivity index (χ1n) is 6.02. The average Bonchev–Trinajstić information content (AvgIpc) is 2.41. The molecule has 0 aliphatic carbocycles. The van der Waals surface area contributed by atoms with Crippen LogP contribution in [0, 0.1) is 0 Å². The number of hydrogen-bond donors (Lipinski definition) is 2. The third kappa shape index (κ3) is 4.59. The predicted molar refractivity (Wildman–Crippen MR) is 77.3 cm³/mol. The van der Waals surface area contributed by atoms with E-state index in [-0.39, 0.29) is 2.85 Å². The number of morpholine rings is 1. The number of nitrogens with two attached hydrogens (primary N) is 1. The smallest absolute Gasteiger partial charge is 0.0703 e. The van der Waals surface area contributed by atoms with Gasteiger partial charge in [0, 0.05) is 21.6 Å². The lowest BCUT2D eigenvalue weighted by atomic mass is 10.0. The third-order valence-electron chi connectivity index (χ3n) is 2.80. The largest absolute Gasteiger partial charge is 0.399 e. The van der Waals surface area contributed by atoms with Gasteiger partial charge in [-0.25, -0.2) is 0 Å². The summed E-state index contributed by atoms with van der Waals surface area (Å²) in [7, 11) is 0. The molecule has 2 rings (SSSR count). The molecule has 1 heterocycles. The van der Waals surface area contributed by atoms with Crippen LogP contribution in [0.4, 0.5) is 5.69 Å². The summed E-state index contributed by atoms with van der Waals surface area (Å²) >= 11 is 0. The van der Waals surface area contributed by atoms with E-state index >= 15 is 0 Å². The van der Waals surface area contributed by atoms with Gasteiger partial charge in [-0.15, -0.1) is 13.2 Å². The van der Waals surface area contributed by atoms with E-state index in [1.165, 1.54) is 5.56 Å². The van der Waals surface area contributed by atoms with Crippen LogP contribution in [-0.4, -0.2) is 25.8 Å². The lowest BCUT2D eigenvalue weighted by Crippen LogP contribution is -2.38. The molecule has 1 saturated heterocycles. The van der Waals surface area contributed by atoms with Crippen LogP contribution >= 0.6 is 0 Å². The zero-order valence-electron chi connectivity index (χ0n) is 10.3. The van der Waals surface area contributed by atoms with E-state index in [2.05, 4.69) is 24.5 Å². The second kappa shape index (κ2) is 7.87. The first-order chi connectivity index (χ1) is 8.36. The fourth-order valence-corrected chi connectivity index (χ4v) is 1.88. The molecule has 3 heteroatoms. The van der Waals surface area contributed by atoms with Crippen LogP contribution < -0.4 is 11.1 Å². The molecule has 0 saturated carbocycles. The molecule has 1 fully saturated rings. The number of para-hydroxylation sites is 1. The number of nitrogens with one attached hydrogen (secondary N) is 1. The minimum absolute atomic E-state index is 0. The van der Waals surface area contributed by atoms with Crippen LogP contribution in [0.25, 0.3) is 0 Å². The maximum absolute atomic E-state index is 5.88. The molecule has 1 aliphatic heterocycles. The van der Waals surface area contributed by atoms with Crippen LogP contribution in [0.5, 0.6) is 0 Å². The van der Waals surface area contributed by atoms with E-state index in [0.29, 0.717) is 6.10 Å².